The van der Waals surface area contributed by atoms with Gasteiger partial charge >= 0.3 is 0 Å². The largest absolute Gasteiger partial charge is 0.314 e. The molecule has 0 saturated carbocycles. The first-order valence-electron chi connectivity index (χ1n) is 6.20. The first kappa shape index (κ1) is 16.5. The summed E-state index contributed by atoms with van der Waals surface area (Å²) < 4.78 is 27.4. The van der Waals surface area contributed by atoms with E-state index in [-0.39, 0.29) is 10.9 Å². The van der Waals surface area contributed by atoms with Gasteiger partial charge in [0.05, 0.1) is 11.4 Å². The van der Waals surface area contributed by atoms with Crippen molar-refractivity contribution in [3.8, 4) is 0 Å². The highest BCUT2D eigenvalue weighted by Gasteiger charge is 2.25. The van der Waals surface area contributed by atoms with Crippen LogP contribution in [0.1, 0.15) is 25.2 Å². The van der Waals surface area contributed by atoms with Crippen molar-refractivity contribution >= 4 is 21.8 Å². The second-order valence-corrected chi connectivity index (χ2v) is 7.31. The lowest BCUT2D eigenvalue weighted by Gasteiger charge is -2.14. The van der Waals surface area contributed by atoms with Crippen LogP contribution in [0.25, 0.3) is 0 Å². The molecule has 1 atom stereocenters. The van der Waals surface area contributed by atoms with Gasteiger partial charge < -0.3 is 5.32 Å². The van der Waals surface area contributed by atoms with Crippen molar-refractivity contribution in [2.75, 3.05) is 18.6 Å². The Hall–Kier alpha value is -0.570. The summed E-state index contributed by atoms with van der Waals surface area (Å²) in [5.74, 6) is 1.73. The van der Waals surface area contributed by atoms with Gasteiger partial charge in [-0.3, -0.25) is 5.10 Å². The SMILES string of the molecule is CCSCC(C)NS(=O)(=O)c1c(CNC)n[nH]c1C. The van der Waals surface area contributed by atoms with Gasteiger partial charge in [-0.05, 0) is 26.6 Å². The summed E-state index contributed by atoms with van der Waals surface area (Å²) in [6.07, 6.45) is 0. The maximum Gasteiger partial charge on any atom is 0.244 e. The molecule has 8 heteroatoms. The molecular weight excluding hydrogens is 284 g/mol. The number of H-pyrrole nitrogens is 1. The number of nitrogens with zero attached hydrogens (tertiary/aromatic N) is 1. The van der Waals surface area contributed by atoms with Crippen LogP contribution in [0, 0.1) is 6.92 Å². The second-order valence-electron chi connectivity index (χ2n) is 4.34. The molecule has 1 unspecified atom stereocenters. The third kappa shape index (κ3) is 4.48. The van der Waals surface area contributed by atoms with Crippen LogP contribution in [0.5, 0.6) is 0 Å². The molecule has 0 bridgehead atoms. The van der Waals surface area contributed by atoms with Gasteiger partial charge in [0, 0.05) is 18.3 Å². The predicted molar refractivity (Wildman–Crippen MR) is 78.9 cm³/mol. The Labute approximate surface area is 119 Å². The van der Waals surface area contributed by atoms with Crippen molar-refractivity contribution < 1.29 is 8.42 Å². The standard InChI is InChI=1S/C11H22N4O2S2/c1-5-18-7-8(2)15-19(16,17)11-9(3)13-14-10(11)6-12-4/h8,12,15H,5-7H2,1-4H3,(H,13,14). The van der Waals surface area contributed by atoms with Gasteiger partial charge in [0.25, 0.3) is 0 Å². The van der Waals surface area contributed by atoms with Gasteiger partial charge in [-0.1, -0.05) is 6.92 Å². The zero-order chi connectivity index (χ0) is 14.5. The van der Waals surface area contributed by atoms with Crippen molar-refractivity contribution in [2.24, 2.45) is 0 Å². The van der Waals surface area contributed by atoms with Crippen molar-refractivity contribution in [3.05, 3.63) is 11.4 Å². The topological polar surface area (TPSA) is 86.9 Å². The van der Waals surface area contributed by atoms with Crippen LogP contribution in [0.3, 0.4) is 0 Å². The molecular formula is C11H22N4O2S2. The van der Waals surface area contributed by atoms with Crippen LogP contribution in [0.4, 0.5) is 0 Å². The lowest BCUT2D eigenvalue weighted by Crippen LogP contribution is -2.35. The van der Waals surface area contributed by atoms with Crippen LogP contribution in [0.2, 0.25) is 0 Å². The molecule has 0 saturated heterocycles. The van der Waals surface area contributed by atoms with E-state index in [0.717, 1.165) is 11.5 Å². The lowest BCUT2D eigenvalue weighted by molar-refractivity contribution is 0.568. The number of aromatic amines is 1. The Morgan fingerprint density at radius 2 is 2.16 bits per heavy atom. The third-order valence-electron chi connectivity index (χ3n) is 2.50. The maximum atomic E-state index is 12.4. The average molecular weight is 306 g/mol. The Morgan fingerprint density at radius 3 is 2.74 bits per heavy atom. The number of aryl methyl sites for hydroxylation is 1. The highest BCUT2D eigenvalue weighted by molar-refractivity contribution is 7.99. The van der Waals surface area contributed by atoms with Crippen LogP contribution in [0.15, 0.2) is 4.90 Å². The highest BCUT2D eigenvalue weighted by atomic mass is 32.2. The fourth-order valence-electron chi connectivity index (χ4n) is 1.77. The van der Waals surface area contributed by atoms with E-state index < -0.39 is 10.0 Å². The zero-order valence-corrected chi connectivity index (χ0v) is 13.4. The molecule has 0 radical (unpaired) electrons. The first-order valence-corrected chi connectivity index (χ1v) is 8.84. The van der Waals surface area contributed by atoms with E-state index >= 15 is 0 Å². The number of rotatable bonds is 8. The molecule has 1 aromatic rings. The molecule has 0 aromatic carbocycles. The predicted octanol–water partition coefficient (Wildman–Crippen LogP) is 0.857. The van der Waals surface area contributed by atoms with Crippen LogP contribution in [-0.2, 0) is 16.6 Å². The van der Waals surface area contributed by atoms with Gasteiger partial charge in [0.2, 0.25) is 10.0 Å². The number of hydrogen-bond acceptors (Lipinski definition) is 5. The summed E-state index contributed by atoms with van der Waals surface area (Å²) in [6, 6.07) is -0.105. The fraction of sp³-hybridized carbons (Fsp3) is 0.727. The fourth-order valence-corrected chi connectivity index (χ4v) is 4.15. The van der Waals surface area contributed by atoms with E-state index in [1.54, 1.807) is 25.7 Å². The van der Waals surface area contributed by atoms with E-state index in [9.17, 15) is 8.42 Å². The molecule has 0 aliphatic rings. The zero-order valence-electron chi connectivity index (χ0n) is 11.8. The minimum Gasteiger partial charge on any atom is -0.314 e. The second kappa shape index (κ2) is 7.28. The van der Waals surface area contributed by atoms with E-state index in [2.05, 4.69) is 27.2 Å². The smallest absolute Gasteiger partial charge is 0.244 e. The van der Waals surface area contributed by atoms with Crippen LogP contribution in [-0.4, -0.2) is 43.2 Å². The van der Waals surface area contributed by atoms with Gasteiger partial charge in [-0.15, -0.1) is 0 Å². The van der Waals surface area contributed by atoms with Crippen LogP contribution < -0.4 is 10.0 Å². The van der Waals surface area contributed by atoms with Crippen molar-refractivity contribution in [1.82, 2.24) is 20.2 Å². The van der Waals surface area contributed by atoms with Gasteiger partial charge in [-0.25, -0.2) is 13.1 Å². The first-order chi connectivity index (χ1) is 8.92. The summed E-state index contributed by atoms with van der Waals surface area (Å²) >= 11 is 1.71. The summed E-state index contributed by atoms with van der Waals surface area (Å²) in [5.41, 5.74) is 1.08. The molecule has 19 heavy (non-hydrogen) atoms. The number of sulfonamides is 1. The molecule has 6 nitrogen and oxygen atoms in total. The monoisotopic (exact) mass is 306 g/mol. The van der Waals surface area contributed by atoms with E-state index in [1.807, 2.05) is 6.92 Å². The molecule has 1 aromatic heterocycles. The lowest BCUT2D eigenvalue weighted by atomic mass is 10.4. The minimum absolute atomic E-state index is 0.105. The molecule has 0 amide bonds. The van der Waals surface area contributed by atoms with E-state index in [0.29, 0.717) is 17.9 Å². The highest BCUT2D eigenvalue weighted by Crippen LogP contribution is 2.18. The van der Waals surface area contributed by atoms with Crippen LogP contribution >= 0.6 is 11.8 Å². The molecule has 110 valence electrons. The van der Waals surface area contributed by atoms with Crippen molar-refractivity contribution in [1.29, 1.82) is 0 Å². The Morgan fingerprint density at radius 1 is 1.47 bits per heavy atom. The molecule has 0 aliphatic carbocycles. The minimum atomic E-state index is -3.53. The molecule has 1 rings (SSSR count). The average Bonchev–Trinajstić information content (AvgIpc) is 2.68. The third-order valence-corrected chi connectivity index (χ3v) is 5.44. The number of hydrogen-bond donors (Lipinski definition) is 3. The number of aromatic nitrogens is 2. The maximum absolute atomic E-state index is 12.4. The Kier molecular flexibility index (Phi) is 6.31. The molecule has 3 N–H and O–H groups in total. The number of thioether (sulfide) groups is 1. The van der Waals surface area contributed by atoms with Gasteiger partial charge in [0.1, 0.15) is 4.90 Å². The summed E-state index contributed by atoms with van der Waals surface area (Å²) in [4.78, 5) is 0.259. The Balaban J connectivity index is 2.90. The van der Waals surface area contributed by atoms with E-state index in [1.165, 1.54) is 0 Å². The molecule has 0 spiro atoms. The summed E-state index contributed by atoms with van der Waals surface area (Å²) in [5, 5.41) is 9.68. The normalized spacial score (nSPS) is 13.7. The molecule has 0 fully saturated rings. The van der Waals surface area contributed by atoms with Gasteiger partial charge in [-0.2, -0.15) is 16.9 Å². The van der Waals surface area contributed by atoms with Crippen molar-refractivity contribution in [2.45, 2.75) is 38.3 Å². The molecule has 0 aliphatic heterocycles. The quantitative estimate of drug-likeness (QED) is 0.663. The molecule has 1 heterocycles. The summed E-state index contributed by atoms with van der Waals surface area (Å²) in [6.45, 7) is 6.05. The Bertz CT molecular complexity index is 499. The number of nitrogens with one attached hydrogen (secondary N) is 3. The van der Waals surface area contributed by atoms with Crippen molar-refractivity contribution in [3.63, 3.8) is 0 Å². The van der Waals surface area contributed by atoms with Gasteiger partial charge in [0.15, 0.2) is 0 Å². The van der Waals surface area contributed by atoms with E-state index in [4.69, 9.17) is 0 Å². The summed E-state index contributed by atoms with van der Waals surface area (Å²) in [7, 11) is -1.77.